The van der Waals surface area contributed by atoms with Crippen LogP contribution in [0.25, 0.3) is 133 Å². The van der Waals surface area contributed by atoms with Gasteiger partial charge in [0.1, 0.15) is 46.0 Å². The molecule has 21 heteroatoms. The maximum Gasteiger partial charge on any atom is 2.00 e. The summed E-state index contributed by atoms with van der Waals surface area (Å²) < 4.78 is 48.5. The molecule has 0 unspecified atom stereocenters. The third-order valence-electron chi connectivity index (χ3n) is 22.6. The molecule has 2 aliphatic heterocycles. The number of carbonyl (C=O) groups excluding carboxylic acids is 4. The third-order valence-corrected chi connectivity index (χ3v) is 22.6. The molecule has 8 bridgehead atoms. The van der Waals surface area contributed by atoms with Gasteiger partial charge in [0.05, 0.1) is 72.0 Å². The fourth-order valence-corrected chi connectivity index (χ4v) is 15.8. The summed E-state index contributed by atoms with van der Waals surface area (Å²) in [7, 11) is 0. The van der Waals surface area contributed by atoms with Crippen LogP contribution in [0.15, 0.2) is 218 Å². The van der Waals surface area contributed by atoms with E-state index in [-0.39, 0.29) is 43.4 Å². The summed E-state index contributed by atoms with van der Waals surface area (Å²) in [6, 6.07) is 67.7. The van der Waals surface area contributed by atoms with Gasteiger partial charge in [-0.05, 0) is 284 Å². The molecule has 0 radical (unpaired) electrons. The zero-order valence-corrected chi connectivity index (χ0v) is 73.9. The fourth-order valence-electron chi connectivity index (χ4n) is 15.8. The van der Waals surface area contributed by atoms with Crippen LogP contribution in [0.5, 0.6) is 46.0 Å². The first-order valence-corrected chi connectivity index (χ1v) is 43.7. The predicted molar refractivity (Wildman–Crippen MR) is 486 cm³/mol. The van der Waals surface area contributed by atoms with Gasteiger partial charge in [0.2, 0.25) is 0 Å². The number of ether oxygens (including phenoxy) is 8. The predicted octanol–water partition coefficient (Wildman–Crippen LogP) is 26.4. The van der Waals surface area contributed by atoms with Crippen molar-refractivity contribution in [2.24, 2.45) is 0 Å². The second-order valence-corrected chi connectivity index (χ2v) is 31.8. The van der Waals surface area contributed by atoms with Gasteiger partial charge in [-0.1, -0.05) is 155 Å². The molecule has 0 fully saturated rings. The van der Waals surface area contributed by atoms with Crippen LogP contribution in [0.3, 0.4) is 0 Å². The molecule has 0 spiro atoms. The molecule has 2 aliphatic rings. The molecular formula is C104H96N8O12Zn. The van der Waals surface area contributed by atoms with E-state index >= 15 is 0 Å². The van der Waals surface area contributed by atoms with Crippen LogP contribution >= 0.6 is 0 Å². The summed E-state index contributed by atoms with van der Waals surface area (Å²) in [6.07, 6.45) is 21.1. The Morgan fingerprint density at radius 1 is 0.232 bits per heavy atom. The number of fused-ring (bicyclic) bond motifs is 24. The minimum absolute atomic E-state index is 0. The Kier molecular flexibility index (Phi) is 27.3. The maximum absolute atomic E-state index is 13.1. The van der Waals surface area contributed by atoms with E-state index in [1.54, 1.807) is 97.1 Å². The Morgan fingerprint density at radius 2 is 0.440 bits per heavy atom. The van der Waals surface area contributed by atoms with E-state index in [0.717, 1.165) is 172 Å². The standard InChI is InChI=1S/C104H96N8O12.Zn/c1-5-9-13-17-21-49-117-101(113)65-25-37-77(38-26-65)121-81-45-33-69-57-85-89(61-73(69)53-81)97-105-93(85)110-98-91-63-75-55-83(123-79-41-29-67(30-42-79)103(115)119-51-23-19-15-11-7-3)47-35-71(75)59-87(91)95(107-98)112-100-92-64-76-56-84(124-80-43-31-68(32-44-80)104(116)120-52-24-20-16-12-8-4)48-36-72(76)60-88(92)96(108-100)111-99-90-62-74-54-82(46-34-70(74)58-86(90)94(106-99)109-97)122-78-39-27-66(28-40-78)102(114)118-50-22-18-14-10-6-2;/h25-48,53-64H,5-24,49-52H2,1-4H3;/q-2;+2. The molecule has 20 nitrogen and oxygen atoms in total. The molecule has 0 saturated carbocycles. The molecule has 0 amide bonds. The van der Waals surface area contributed by atoms with Gasteiger partial charge in [-0.25, -0.2) is 29.1 Å². The number of hydrogen-bond acceptors (Lipinski definition) is 18. The van der Waals surface area contributed by atoms with Crippen LogP contribution in [0.4, 0.5) is 0 Å². The molecule has 3 aromatic heterocycles. The summed E-state index contributed by atoms with van der Waals surface area (Å²) in [5.74, 6) is 4.25. The topological polar surface area (TPSA) is 248 Å². The van der Waals surface area contributed by atoms with Gasteiger partial charge in [-0.3, -0.25) is 0 Å². The number of aromatic nitrogens is 8. The third kappa shape index (κ3) is 20.2. The van der Waals surface area contributed by atoms with Gasteiger partial charge in [-0.15, -0.1) is 0 Å². The van der Waals surface area contributed by atoms with Crippen LogP contribution < -0.4 is 28.9 Å². The normalized spacial score (nSPS) is 11.6. The van der Waals surface area contributed by atoms with E-state index in [1.807, 2.05) is 97.1 Å². The SMILES string of the molecule is CCCCCCCOC(=O)c1ccc(Oc2ccc3cc4c(cc3c2)-c2nc-4nc3[n-]c(nc4nc(nc5[n-]c(n2)c2cc6ccc(Oc7ccc(C(=O)OCCCCCCC)cc7)cc6cc52)-c2cc5ccc(Oc6ccc(C(=O)OCCCCCCC)cc6)cc5cc2-4)c2cc4ccc(Oc5ccc(C(=O)OCCCCCCC)cc5)cc4cc32)cc1.[Zn+2]. The summed E-state index contributed by atoms with van der Waals surface area (Å²) in [6.45, 7) is 10.2. The smallest absolute Gasteiger partial charge is 0.462 e. The Bertz CT molecular complexity index is 6270. The van der Waals surface area contributed by atoms with E-state index < -0.39 is 0 Å². The van der Waals surface area contributed by atoms with E-state index in [2.05, 4.69) is 52.0 Å². The second-order valence-electron chi connectivity index (χ2n) is 31.8. The summed E-state index contributed by atoms with van der Waals surface area (Å²) in [4.78, 5) is 95.7. The minimum Gasteiger partial charge on any atom is -0.462 e. The monoisotopic (exact) mass is 1710 g/mol. The molecule has 12 aromatic carbocycles. The van der Waals surface area contributed by atoms with Crippen LogP contribution in [0.2, 0.25) is 0 Å². The first-order chi connectivity index (χ1) is 60.8. The van der Waals surface area contributed by atoms with E-state index in [1.165, 1.54) is 0 Å². The quantitative estimate of drug-likeness (QED) is 0.0153. The largest absolute Gasteiger partial charge is 2.00 e. The van der Waals surface area contributed by atoms with Crippen LogP contribution in [0.1, 0.15) is 198 Å². The van der Waals surface area contributed by atoms with Gasteiger partial charge < -0.3 is 67.8 Å². The van der Waals surface area contributed by atoms with Gasteiger partial charge in [0.15, 0.2) is 0 Å². The second kappa shape index (κ2) is 39.9. The number of rotatable bonds is 36. The van der Waals surface area contributed by atoms with Gasteiger partial charge in [-0.2, -0.15) is 0 Å². The van der Waals surface area contributed by atoms with Gasteiger partial charge in [0, 0.05) is 44.8 Å². The van der Waals surface area contributed by atoms with E-state index in [0.29, 0.717) is 184 Å². The molecule has 0 aliphatic carbocycles. The fraction of sp³-hybridized carbons (Fsp3) is 0.269. The number of hydrogen-bond donors (Lipinski definition) is 0. The van der Waals surface area contributed by atoms with Crippen molar-refractivity contribution in [3.05, 3.63) is 241 Å². The van der Waals surface area contributed by atoms with Crippen molar-refractivity contribution in [3.8, 4) is 91.5 Å². The van der Waals surface area contributed by atoms with Crippen LogP contribution in [-0.2, 0) is 38.4 Å². The Morgan fingerprint density at radius 3 is 0.688 bits per heavy atom. The van der Waals surface area contributed by atoms with E-state index in [4.69, 9.17) is 77.8 Å². The molecule has 0 saturated heterocycles. The summed E-state index contributed by atoms with van der Waals surface area (Å²) in [5.41, 5.74) is 5.83. The molecule has 125 heavy (non-hydrogen) atoms. The maximum atomic E-state index is 13.1. The minimum atomic E-state index is -0.373. The number of esters is 4. The number of carbonyl (C=O) groups is 4. The van der Waals surface area contributed by atoms with Crippen molar-refractivity contribution in [1.29, 1.82) is 0 Å². The van der Waals surface area contributed by atoms with Crippen LogP contribution in [0, 0.1) is 0 Å². The zero-order chi connectivity index (χ0) is 84.8. The Balaban J connectivity index is 0.0000115. The van der Waals surface area contributed by atoms with Gasteiger partial charge in [0.25, 0.3) is 0 Å². The van der Waals surface area contributed by atoms with Crippen molar-refractivity contribution in [2.45, 2.75) is 156 Å². The van der Waals surface area contributed by atoms with Crippen LogP contribution in [-0.4, -0.2) is 80.2 Å². The molecule has 15 aromatic rings. The number of nitrogens with zero attached hydrogens (tertiary/aromatic N) is 8. The molecular weight excluding hydrogens is 1620 g/mol. The van der Waals surface area contributed by atoms with Crippen molar-refractivity contribution in [1.82, 2.24) is 39.9 Å². The molecule has 0 atom stereocenters. The molecule has 0 N–H and O–H groups in total. The first-order valence-electron chi connectivity index (χ1n) is 43.7. The molecule has 5 heterocycles. The Labute approximate surface area is 737 Å². The number of benzene rings is 12. The van der Waals surface area contributed by atoms with Gasteiger partial charge >= 0.3 is 43.4 Å². The Hall–Kier alpha value is -13.3. The molecule has 17 rings (SSSR count). The average Bonchev–Trinajstić information content (AvgIpc) is 1.59. The van der Waals surface area contributed by atoms with E-state index in [9.17, 15) is 19.2 Å². The molecule has 626 valence electrons. The van der Waals surface area contributed by atoms with Crippen molar-refractivity contribution in [2.75, 3.05) is 26.4 Å². The van der Waals surface area contributed by atoms with Crippen molar-refractivity contribution in [3.63, 3.8) is 0 Å². The average molecular weight is 1720 g/mol. The summed E-state index contributed by atoms with van der Waals surface area (Å²) >= 11 is 0. The number of unbranched alkanes of at least 4 members (excludes halogenated alkanes) is 16. The summed E-state index contributed by atoms with van der Waals surface area (Å²) in [5, 5.41) is 9.48. The first kappa shape index (κ1) is 85.3. The van der Waals surface area contributed by atoms with Crippen molar-refractivity contribution >= 4 is 111 Å². The zero-order valence-electron chi connectivity index (χ0n) is 70.9. The van der Waals surface area contributed by atoms with Crippen molar-refractivity contribution < 1.29 is 76.6 Å².